The van der Waals surface area contributed by atoms with Crippen LogP contribution < -0.4 is 66.3 Å². The van der Waals surface area contributed by atoms with Crippen LogP contribution >= 0.6 is 23.5 Å². The van der Waals surface area contributed by atoms with Gasteiger partial charge in [0, 0.05) is 83.3 Å². The molecule has 0 fully saturated rings. The molecular formula is C124H102O16S2. The highest BCUT2D eigenvalue weighted by Crippen LogP contribution is 2.38. The van der Waals surface area contributed by atoms with Gasteiger partial charge < -0.3 is 66.3 Å². The fraction of sp³-hybridized carbons (Fsp3) is 0.129. The van der Waals surface area contributed by atoms with E-state index in [1.54, 1.807) is 0 Å². The lowest BCUT2D eigenvalue weighted by atomic mass is 10.1. The Morgan fingerprint density at radius 3 is 0.493 bits per heavy atom. The quantitative estimate of drug-likeness (QED) is 0.0261. The molecular weight excluding hydrogens is 1810 g/mol. The first-order valence-corrected chi connectivity index (χ1v) is 48.2. The normalized spacial score (nSPS) is 10.7. The third-order valence-electron chi connectivity index (χ3n) is 22.0. The van der Waals surface area contributed by atoms with Crippen molar-refractivity contribution < 1.29 is 75.9 Å². The molecule has 0 amide bonds. The molecule has 0 bridgehead atoms. The van der Waals surface area contributed by atoms with E-state index in [1.165, 1.54) is 13.8 Å². The Labute approximate surface area is 837 Å². The highest BCUT2D eigenvalue weighted by Gasteiger charge is 2.19. The third kappa shape index (κ3) is 31.1. The van der Waals surface area contributed by atoms with Gasteiger partial charge in [-0.05, 0) is 199 Å². The highest BCUT2D eigenvalue weighted by molar-refractivity contribution is 8.13. The summed E-state index contributed by atoms with van der Waals surface area (Å²) in [7, 11) is 0. The average Bonchev–Trinajstić information content (AvgIpc) is 0.808. The van der Waals surface area contributed by atoms with Crippen LogP contribution in [0.5, 0.6) is 80.5 Å². The fourth-order valence-electron chi connectivity index (χ4n) is 15.0. The van der Waals surface area contributed by atoms with Crippen LogP contribution in [0.4, 0.5) is 0 Å². The van der Waals surface area contributed by atoms with E-state index in [4.69, 9.17) is 66.3 Å². The lowest BCUT2D eigenvalue weighted by Gasteiger charge is -2.17. The van der Waals surface area contributed by atoms with Gasteiger partial charge in [0.05, 0.1) is 11.1 Å². The van der Waals surface area contributed by atoms with Crippen LogP contribution in [0.25, 0.3) is 0 Å². The van der Waals surface area contributed by atoms with Gasteiger partial charge in [-0.3, -0.25) is 9.59 Å². The molecule has 16 nitrogen and oxygen atoms in total. The van der Waals surface area contributed by atoms with Crippen molar-refractivity contribution in [2.45, 2.75) is 116 Å². The number of hydrogen-bond donors (Lipinski definition) is 0. The Kier molecular flexibility index (Phi) is 34.4. The minimum Gasteiger partial charge on any atom is -0.489 e. The van der Waals surface area contributed by atoms with Crippen LogP contribution in [0.1, 0.15) is 114 Å². The van der Waals surface area contributed by atoms with Crippen molar-refractivity contribution in [1.82, 2.24) is 0 Å². The molecule has 17 aromatic rings. The molecule has 0 aliphatic carbocycles. The van der Waals surface area contributed by atoms with E-state index < -0.39 is 0 Å². The van der Waals surface area contributed by atoms with Gasteiger partial charge in [-0.15, -0.1) is 0 Å². The summed E-state index contributed by atoms with van der Waals surface area (Å²) in [6.07, 6.45) is 0. The number of hydrogen-bond acceptors (Lipinski definition) is 18. The summed E-state index contributed by atoms with van der Waals surface area (Å²) < 4.78 is 93.9. The van der Waals surface area contributed by atoms with E-state index in [0.717, 1.165) is 100 Å². The summed E-state index contributed by atoms with van der Waals surface area (Å²) in [5, 5.41) is -0.0858. The van der Waals surface area contributed by atoms with Crippen LogP contribution in [0.2, 0.25) is 0 Å². The van der Waals surface area contributed by atoms with Crippen molar-refractivity contribution in [3.05, 3.63) is 513 Å². The molecule has 0 saturated heterocycles. The third-order valence-corrected chi connectivity index (χ3v) is 23.6. The summed E-state index contributed by atoms with van der Waals surface area (Å²) in [6, 6.07) is 133. The summed E-state index contributed by atoms with van der Waals surface area (Å²) in [5.74, 6) is 21.1. The lowest BCUT2D eigenvalue weighted by Crippen LogP contribution is -2.05. The van der Waals surface area contributed by atoms with E-state index in [9.17, 15) is 9.59 Å². The average molecular weight is 1910 g/mol. The second-order valence-electron chi connectivity index (χ2n) is 33.4. The zero-order chi connectivity index (χ0) is 96.9. The van der Waals surface area contributed by atoms with Gasteiger partial charge >= 0.3 is 0 Å². The number of benzene rings is 17. The number of ether oxygens (including phenoxy) is 14. The van der Waals surface area contributed by atoms with Gasteiger partial charge in [0.25, 0.3) is 0 Å². The number of carbonyl (C=O) groups is 2. The van der Waals surface area contributed by atoms with Crippen LogP contribution in [0, 0.1) is 23.7 Å². The predicted molar refractivity (Wildman–Crippen MR) is 555 cm³/mol. The summed E-state index contributed by atoms with van der Waals surface area (Å²) in [4.78, 5) is 26.3. The van der Waals surface area contributed by atoms with Crippen molar-refractivity contribution >= 4 is 33.8 Å². The Bertz CT molecular complexity index is 6160. The van der Waals surface area contributed by atoms with Gasteiger partial charge in [0.1, 0.15) is 173 Å². The molecule has 0 radical (unpaired) electrons. The topological polar surface area (TPSA) is 163 Å². The summed E-state index contributed by atoms with van der Waals surface area (Å²) in [5.41, 5.74) is 14.8. The molecule has 0 saturated carbocycles. The van der Waals surface area contributed by atoms with Crippen LogP contribution in [-0.2, 0) is 102 Å². The largest absolute Gasteiger partial charge is 0.489 e. The molecule has 0 aliphatic heterocycles. The monoisotopic (exact) mass is 1910 g/mol. The maximum Gasteiger partial charge on any atom is 0.190 e. The Morgan fingerprint density at radius 2 is 0.331 bits per heavy atom. The molecule has 18 heteroatoms. The second kappa shape index (κ2) is 50.4. The minimum absolute atomic E-state index is 0.0429. The SMILES string of the molecule is CC(=O)Sc1ccc(C#Cc2cc(OCc3cc(OCc4cc(OCc5ccccc5)cc(OCc5ccccc5)c4)cc(OCc4cc(OCc5ccccc5)cc(OCc5ccccc5)c4)c3)c(C#Cc3ccc(SC(C)=O)cc3)cc2OCc2cc(OCc3cc(OCc4ccccc4)cc(OCc4ccccc4)c3)cc(OCc3cc(OCc4ccccc4)cc(OCc4ccccc4)c3)c2)cc1. The molecule has 0 unspecified atom stereocenters. The number of rotatable bonds is 44. The Hall–Kier alpha value is -16.9. The van der Waals surface area contributed by atoms with E-state index >= 15 is 0 Å². The molecule has 0 spiro atoms. The van der Waals surface area contributed by atoms with Crippen molar-refractivity contribution in [2.24, 2.45) is 0 Å². The van der Waals surface area contributed by atoms with Crippen LogP contribution in [0.3, 0.4) is 0 Å². The molecule has 17 rings (SSSR count). The molecule has 0 N–H and O–H groups in total. The van der Waals surface area contributed by atoms with Crippen LogP contribution in [0.15, 0.2) is 422 Å². The first-order chi connectivity index (χ1) is 69.8. The zero-order valence-corrected chi connectivity index (χ0v) is 80.1. The van der Waals surface area contributed by atoms with Gasteiger partial charge in [-0.1, -0.05) is 290 Å². The van der Waals surface area contributed by atoms with Crippen molar-refractivity contribution in [2.75, 3.05) is 0 Å². The molecule has 0 aromatic heterocycles. The zero-order valence-electron chi connectivity index (χ0n) is 78.5. The molecule has 706 valence electrons. The fourth-order valence-corrected chi connectivity index (χ4v) is 16.2. The molecule has 0 aliphatic rings. The van der Waals surface area contributed by atoms with Gasteiger partial charge in [-0.25, -0.2) is 0 Å². The Morgan fingerprint density at radius 1 is 0.176 bits per heavy atom. The minimum atomic E-state index is -0.0439. The smallest absolute Gasteiger partial charge is 0.190 e. The molecule has 0 atom stereocenters. The van der Waals surface area contributed by atoms with Crippen molar-refractivity contribution in [1.29, 1.82) is 0 Å². The summed E-state index contributed by atoms with van der Waals surface area (Å²) >= 11 is 2.28. The number of carbonyl (C=O) groups excluding carboxylic acids is 2. The van der Waals surface area contributed by atoms with Gasteiger partial charge in [0.2, 0.25) is 0 Å². The lowest BCUT2D eigenvalue weighted by molar-refractivity contribution is -0.109. The van der Waals surface area contributed by atoms with Gasteiger partial charge in [-0.2, -0.15) is 0 Å². The molecule has 0 heterocycles. The van der Waals surface area contributed by atoms with E-state index in [0.29, 0.717) is 167 Å². The first-order valence-electron chi connectivity index (χ1n) is 46.5. The van der Waals surface area contributed by atoms with E-state index in [-0.39, 0.29) is 49.9 Å². The maximum atomic E-state index is 12.4. The highest BCUT2D eigenvalue weighted by atomic mass is 32.2. The van der Waals surface area contributed by atoms with E-state index in [1.807, 2.05) is 413 Å². The molecule has 142 heavy (non-hydrogen) atoms. The van der Waals surface area contributed by atoms with Crippen molar-refractivity contribution in [3.8, 4) is 104 Å². The number of thioether (sulfide) groups is 2. The van der Waals surface area contributed by atoms with Gasteiger partial charge in [0.15, 0.2) is 10.2 Å². The Balaban J connectivity index is 0.730. The second-order valence-corrected chi connectivity index (χ2v) is 35.9. The molecule has 17 aromatic carbocycles. The predicted octanol–water partition coefficient (Wildman–Crippen LogP) is 27.9. The first kappa shape index (κ1) is 96.8. The van der Waals surface area contributed by atoms with E-state index in [2.05, 4.69) is 23.7 Å². The van der Waals surface area contributed by atoms with Crippen molar-refractivity contribution in [3.63, 3.8) is 0 Å². The van der Waals surface area contributed by atoms with Crippen LogP contribution in [-0.4, -0.2) is 10.2 Å². The maximum absolute atomic E-state index is 12.4. The standard InChI is InChI=1S/C124H102O16S2/c1-89(125)141-121-51-45-91(46-52-121)43-49-107-67-124(140-88-106-65-119(137-85-103-59-113(131-79-97-35-19-7-20-36-97)71-114(60-103)132-80-98-37-21-8-22-38-98)74-120(66-106)138-86-104-61-115(133-81-99-39-23-9-24-40-99)72-116(62-104)134-82-100-41-25-10-26-42-100)108(50-44-92-47-53-122(54-48-92)142-90(2)126)68-123(107)139-87-105-63-117(135-83-101-55-109(127-75-93-27-11-3-12-28-93)69-110(56-101)128-76-94-29-13-4-14-30-94)73-118(64-105)136-84-102-57-111(129-77-95-31-15-5-16-32-95)70-112(58-102)130-78-96-33-17-6-18-34-96/h3-42,45-48,51-74H,75-88H2,1-2H3. The summed E-state index contributed by atoms with van der Waals surface area (Å²) in [6.45, 7) is 6.01.